The van der Waals surface area contributed by atoms with E-state index in [1.54, 1.807) is 0 Å². The van der Waals surface area contributed by atoms with Crippen LogP contribution in [0.5, 0.6) is 0 Å². The van der Waals surface area contributed by atoms with Crippen LogP contribution in [0.3, 0.4) is 0 Å². The molecule has 1 aromatic rings. The van der Waals surface area contributed by atoms with Crippen molar-refractivity contribution in [1.82, 2.24) is 4.98 Å². The molecule has 1 fully saturated rings. The summed E-state index contributed by atoms with van der Waals surface area (Å²) in [6, 6.07) is 0. The van der Waals surface area contributed by atoms with Gasteiger partial charge in [0.15, 0.2) is 10.8 Å². The minimum Gasteiger partial charge on any atom is -0.348 e. The molecule has 0 spiro atoms. The van der Waals surface area contributed by atoms with Crippen molar-refractivity contribution in [3.63, 3.8) is 0 Å². The monoisotopic (exact) mass is 235 g/mol. The third-order valence-corrected chi connectivity index (χ3v) is 3.24. The van der Waals surface area contributed by atoms with Crippen LogP contribution >= 0.6 is 11.3 Å². The molecule has 0 amide bonds. The Balaban J connectivity index is 2.14. The van der Waals surface area contributed by atoms with Gasteiger partial charge >= 0.3 is 6.18 Å². The van der Waals surface area contributed by atoms with Crippen LogP contribution in [-0.2, 0) is 6.18 Å². The van der Waals surface area contributed by atoms with Crippen molar-refractivity contribution in [2.75, 3.05) is 18.0 Å². The molecule has 0 unspecified atom stereocenters. The van der Waals surface area contributed by atoms with Gasteiger partial charge in [-0.25, -0.2) is 4.98 Å². The zero-order valence-corrected chi connectivity index (χ0v) is 8.74. The molecule has 6 heteroatoms. The summed E-state index contributed by atoms with van der Waals surface area (Å²) in [5.74, 6) is 0.295. The van der Waals surface area contributed by atoms with E-state index in [0.29, 0.717) is 17.6 Å². The minimum absolute atomic E-state index is 0.295. The Labute approximate surface area is 89.7 Å². The molecule has 2 nitrogen and oxygen atoms in total. The van der Waals surface area contributed by atoms with Gasteiger partial charge in [0.25, 0.3) is 0 Å². The van der Waals surface area contributed by atoms with Crippen LogP contribution in [0, 0.1) is 12.8 Å². The fourth-order valence-electron chi connectivity index (χ4n) is 1.55. The average molecular weight is 235 g/mol. The predicted molar refractivity (Wildman–Crippen MR) is 52.8 cm³/mol. The Bertz CT molecular complexity index is 347. The van der Waals surface area contributed by atoms with Crippen molar-refractivity contribution in [3.05, 3.63) is 18.0 Å². The second-order valence-corrected chi connectivity index (χ2v) is 4.45. The van der Waals surface area contributed by atoms with Crippen LogP contribution in [-0.4, -0.2) is 18.1 Å². The average Bonchev–Trinajstić information content (AvgIpc) is 2.69. The van der Waals surface area contributed by atoms with Gasteiger partial charge in [0, 0.05) is 18.5 Å². The first-order valence-electron chi connectivity index (χ1n) is 4.57. The maximum absolute atomic E-state index is 12.3. The first kappa shape index (κ1) is 10.7. The normalized spacial score (nSPS) is 22.4. The molecule has 1 radical (unpaired) electrons. The van der Waals surface area contributed by atoms with E-state index < -0.39 is 11.9 Å². The summed E-state index contributed by atoms with van der Waals surface area (Å²) in [5.41, 5.74) is -0.796. The largest absolute Gasteiger partial charge is 0.434 e. The molecule has 0 aliphatic carbocycles. The van der Waals surface area contributed by atoms with Gasteiger partial charge in [-0.1, -0.05) is 0 Å². The van der Waals surface area contributed by atoms with E-state index in [9.17, 15) is 13.2 Å². The number of nitrogens with zero attached hydrogens (tertiary/aromatic N) is 2. The number of anilines is 1. The molecule has 1 saturated heterocycles. The standard InChI is InChI=1S/C9H10F3N2S/c1-6-2-3-14(4-6)8-13-7(5-15-8)9(10,11)12/h5-6H,1-4H2/t6-/m0/s1. The van der Waals surface area contributed by atoms with Crippen LogP contribution in [0.25, 0.3) is 0 Å². The van der Waals surface area contributed by atoms with Gasteiger partial charge in [-0.15, -0.1) is 11.3 Å². The lowest BCUT2D eigenvalue weighted by molar-refractivity contribution is -0.140. The molecular weight excluding hydrogens is 225 g/mol. The number of halogens is 3. The summed E-state index contributed by atoms with van der Waals surface area (Å²) in [7, 11) is 0. The smallest absolute Gasteiger partial charge is 0.348 e. The molecule has 15 heavy (non-hydrogen) atoms. The van der Waals surface area contributed by atoms with Crippen LogP contribution in [0.15, 0.2) is 5.38 Å². The fourth-order valence-corrected chi connectivity index (χ4v) is 2.42. The summed E-state index contributed by atoms with van der Waals surface area (Å²) in [6.07, 6.45) is -3.42. The summed E-state index contributed by atoms with van der Waals surface area (Å²) in [4.78, 5) is 5.45. The molecule has 83 valence electrons. The highest BCUT2D eigenvalue weighted by Gasteiger charge is 2.34. The highest BCUT2D eigenvalue weighted by Crippen LogP contribution is 2.34. The highest BCUT2D eigenvalue weighted by molar-refractivity contribution is 7.13. The van der Waals surface area contributed by atoms with E-state index in [1.807, 2.05) is 4.90 Å². The second-order valence-electron chi connectivity index (χ2n) is 3.61. The van der Waals surface area contributed by atoms with Gasteiger partial charge in [-0.05, 0) is 19.3 Å². The van der Waals surface area contributed by atoms with Crippen LogP contribution < -0.4 is 4.90 Å². The molecule has 0 bridgehead atoms. The van der Waals surface area contributed by atoms with E-state index in [4.69, 9.17) is 0 Å². The third kappa shape index (κ3) is 2.25. The van der Waals surface area contributed by atoms with Gasteiger partial charge in [0.05, 0.1) is 0 Å². The maximum atomic E-state index is 12.3. The Morgan fingerprint density at radius 2 is 2.27 bits per heavy atom. The molecule has 1 aliphatic heterocycles. The van der Waals surface area contributed by atoms with Crippen molar-refractivity contribution in [3.8, 4) is 0 Å². The number of thiazole rings is 1. The topological polar surface area (TPSA) is 16.1 Å². The van der Waals surface area contributed by atoms with Gasteiger partial charge in [0.2, 0.25) is 0 Å². The lowest BCUT2D eigenvalue weighted by atomic mass is 10.2. The molecular formula is C9H10F3N2S. The lowest BCUT2D eigenvalue weighted by Gasteiger charge is -2.13. The SMILES string of the molecule is [CH2][C@H]1CCN(c2nc(C(F)(F)F)cs2)C1. The van der Waals surface area contributed by atoms with Crippen LogP contribution in [0.2, 0.25) is 0 Å². The van der Waals surface area contributed by atoms with E-state index in [0.717, 1.165) is 29.7 Å². The number of aromatic nitrogens is 1. The fraction of sp³-hybridized carbons (Fsp3) is 0.556. The number of alkyl halides is 3. The summed E-state index contributed by atoms with van der Waals surface area (Å²) < 4.78 is 36.8. The zero-order chi connectivity index (χ0) is 11.1. The summed E-state index contributed by atoms with van der Waals surface area (Å²) in [6.45, 7) is 5.33. The molecule has 0 N–H and O–H groups in total. The zero-order valence-electron chi connectivity index (χ0n) is 7.92. The summed E-state index contributed by atoms with van der Waals surface area (Å²) in [5, 5.41) is 1.51. The van der Waals surface area contributed by atoms with Crippen molar-refractivity contribution in [2.24, 2.45) is 5.92 Å². The molecule has 2 heterocycles. The van der Waals surface area contributed by atoms with Gasteiger partial charge in [-0.3, -0.25) is 0 Å². The van der Waals surface area contributed by atoms with Crippen molar-refractivity contribution in [2.45, 2.75) is 12.6 Å². The molecule has 2 rings (SSSR count). The molecule has 1 aromatic heterocycles. The Morgan fingerprint density at radius 3 is 2.73 bits per heavy atom. The minimum atomic E-state index is -4.33. The Kier molecular flexibility index (Phi) is 2.62. The van der Waals surface area contributed by atoms with Crippen molar-refractivity contribution in [1.29, 1.82) is 0 Å². The number of hydrogen-bond acceptors (Lipinski definition) is 3. The summed E-state index contributed by atoms with van der Waals surface area (Å²) >= 11 is 1.04. The van der Waals surface area contributed by atoms with Crippen LogP contribution in [0.1, 0.15) is 12.1 Å². The molecule has 1 aliphatic rings. The lowest BCUT2D eigenvalue weighted by Crippen LogP contribution is -2.19. The van der Waals surface area contributed by atoms with Crippen LogP contribution in [0.4, 0.5) is 18.3 Å². The Morgan fingerprint density at radius 1 is 1.53 bits per heavy atom. The number of hydrogen-bond donors (Lipinski definition) is 0. The third-order valence-electron chi connectivity index (χ3n) is 2.34. The first-order chi connectivity index (χ1) is 6.97. The first-order valence-corrected chi connectivity index (χ1v) is 5.45. The quantitative estimate of drug-likeness (QED) is 0.744. The van der Waals surface area contributed by atoms with Crippen molar-refractivity contribution < 1.29 is 13.2 Å². The van der Waals surface area contributed by atoms with E-state index in [2.05, 4.69) is 11.9 Å². The molecule has 0 aromatic carbocycles. The van der Waals surface area contributed by atoms with Gasteiger partial charge < -0.3 is 4.90 Å². The molecule has 1 atom stereocenters. The molecule has 0 saturated carbocycles. The van der Waals surface area contributed by atoms with Crippen molar-refractivity contribution >= 4 is 16.5 Å². The second kappa shape index (κ2) is 3.66. The van der Waals surface area contributed by atoms with Gasteiger partial charge in [-0.2, -0.15) is 13.2 Å². The Hall–Kier alpha value is -0.780. The number of rotatable bonds is 1. The highest BCUT2D eigenvalue weighted by atomic mass is 32.1. The van der Waals surface area contributed by atoms with E-state index in [-0.39, 0.29) is 0 Å². The van der Waals surface area contributed by atoms with E-state index >= 15 is 0 Å². The maximum Gasteiger partial charge on any atom is 0.434 e. The predicted octanol–water partition coefficient (Wildman–Crippen LogP) is 2.82. The van der Waals surface area contributed by atoms with E-state index in [1.165, 1.54) is 0 Å². The van der Waals surface area contributed by atoms with Gasteiger partial charge in [0.1, 0.15) is 0 Å².